The first-order valence-corrected chi connectivity index (χ1v) is 9.56. The van der Waals surface area contributed by atoms with E-state index >= 15 is 0 Å². The van der Waals surface area contributed by atoms with Gasteiger partial charge in [0.1, 0.15) is 5.70 Å². The monoisotopic (exact) mass is 369 g/mol. The zero-order valence-electron chi connectivity index (χ0n) is 15.3. The number of amidine groups is 1. The summed E-state index contributed by atoms with van der Waals surface area (Å²) in [6, 6.07) is 3.89. The van der Waals surface area contributed by atoms with E-state index in [1.54, 1.807) is 0 Å². The third-order valence-electron chi connectivity index (χ3n) is 5.05. The maximum Gasteiger partial charge on any atom is 0.155 e. The van der Waals surface area contributed by atoms with Gasteiger partial charge in [-0.05, 0) is 37.1 Å². The van der Waals surface area contributed by atoms with Crippen molar-refractivity contribution in [2.75, 3.05) is 31.2 Å². The number of allylic oxidation sites excluding steroid dienone is 2. The van der Waals surface area contributed by atoms with Gasteiger partial charge in [0, 0.05) is 48.9 Å². The van der Waals surface area contributed by atoms with Gasteiger partial charge in [0.2, 0.25) is 0 Å². The molecule has 1 fully saturated rings. The van der Waals surface area contributed by atoms with Crippen LogP contribution in [-0.4, -0.2) is 43.1 Å². The van der Waals surface area contributed by atoms with Crippen molar-refractivity contribution in [3.63, 3.8) is 0 Å². The first kappa shape index (κ1) is 17.3. The molecule has 1 aromatic rings. The minimum absolute atomic E-state index is 0.329. The Morgan fingerprint density at radius 3 is 2.81 bits per heavy atom. The van der Waals surface area contributed by atoms with Crippen LogP contribution in [0.4, 0.5) is 11.4 Å². The van der Waals surface area contributed by atoms with Crippen LogP contribution in [0.25, 0.3) is 5.57 Å². The van der Waals surface area contributed by atoms with E-state index < -0.39 is 0 Å². The summed E-state index contributed by atoms with van der Waals surface area (Å²) in [5, 5.41) is 10.8. The van der Waals surface area contributed by atoms with Crippen molar-refractivity contribution < 1.29 is 0 Å². The van der Waals surface area contributed by atoms with Crippen molar-refractivity contribution in [1.29, 1.82) is 0 Å². The van der Waals surface area contributed by atoms with Gasteiger partial charge in [-0.25, -0.2) is 10.0 Å². The summed E-state index contributed by atoms with van der Waals surface area (Å²) in [7, 11) is 0. The van der Waals surface area contributed by atoms with Crippen LogP contribution in [-0.2, 0) is 0 Å². The Morgan fingerprint density at radius 2 is 2.12 bits per heavy atom. The average Bonchev–Trinajstić information content (AvgIpc) is 2.67. The Kier molecular flexibility index (Phi) is 4.59. The number of hydrogen-bond acceptors (Lipinski definition) is 5. The van der Waals surface area contributed by atoms with Crippen LogP contribution in [0.5, 0.6) is 0 Å². The molecule has 0 saturated carbocycles. The SMILES string of the molecule is C=C(C)c1cc(Cl)cc2c1N=C(N1CCNCC1)C1=CC(CC)C=NN12. The summed E-state index contributed by atoms with van der Waals surface area (Å²) in [4.78, 5) is 7.45. The van der Waals surface area contributed by atoms with Gasteiger partial charge in [-0.3, -0.25) is 0 Å². The fraction of sp³-hybridized carbons (Fsp3) is 0.400. The lowest BCUT2D eigenvalue weighted by atomic mass is 10.00. The summed E-state index contributed by atoms with van der Waals surface area (Å²) in [5.74, 6) is 1.33. The molecule has 1 unspecified atom stereocenters. The van der Waals surface area contributed by atoms with Gasteiger partial charge in [-0.15, -0.1) is 0 Å². The molecule has 0 aliphatic carbocycles. The number of piperazine rings is 1. The maximum absolute atomic E-state index is 6.39. The van der Waals surface area contributed by atoms with Crippen molar-refractivity contribution >= 4 is 40.6 Å². The molecule has 0 amide bonds. The number of hydrazone groups is 1. The fourth-order valence-corrected chi connectivity index (χ4v) is 3.79. The first-order valence-electron chi connectivity index (χ1n) is 9.18. The molecule has 5 nitrogen and oxygen atoms in total. The number of hydrogen-bond donors (Lipinski definition) is 1. The van der Waals surface area contributed by atoms with Crippen LogP contribution in [0.1, 0.15) is 25.8 Å². The predicted octanol–water partition coefficient (Wildman–Crippen LogP) is 4.04. The summed E-state index contributed by atoms with van der Waals surface area (Å²) < 4.78 is 0. The third kappa shape index (κ3) is 2.95. The van der Waals surface area contributed by atoms with Gasteiger partial charge in [0.25, 0.3) is 0 Å². The molecule has 1 saturated heterocycles. The minimum atomic E-state index is 0.329. The molecule has 3 heterocycles. The number of aliphatic imine (C=N–C) groups is 1. The molecule has 26 heavy (non-hydrogen) atoms. The second-order valence-electron chi connectivity index (χ2n) is 6.97. The van der Waals surface area contributed by atoms with Crippen molar-refractivity contribution in [1.82, 2.24) is 10.2 Å². The molecule has 3 aliphatic rings. The summed E-state index contributed by atoms with van der Waals surface area (Å²) in [6.45, 7) is 12.1. The molecule has 136 valence electrons. The van der Waals surface area contributed by atoms with Crippen LogP contribution in [0.3, 0.4) is 0 Å². The molecule has 0 spiro atoms. The molecule has 1 atom stereocenters. The quantitative estimate of drug-likeness (QED) is 0.855. The van der Waals surface area contributed by atoms with Gasteiger partial charge in [-0.1, -0.05) is 25.1 Å². The second-order valence-corrected chi connectivity index (χ2v) is 7.41. The molecule has 0 aromatic heterocycles. The molecular weight excluding hydrogens is 346 g/mol. The molecule has 1 N–H and O–H groups in total. The molecule has 3 aliphatic heterocycles. The van der Waals surface area contributed by atoms with Crippen LogP contribution < -0.4 is 10.3 Å². The van der Waals surface area contributed by atoms with Crippen molar-refractivity contribution in [3.05, 3.63) is 41.1 Å². The second kappa shape index (κ2) is 6.89. The zero-order valence-corrected chi connectivity index (χ0v) is 16.1. The molecule has 4 rings (SSSR count). The van der Waals surface area contributed by atoms with E-state index in [-0.39, 0.29) is 0 Å². The summed E-state index contributed by atoms with van der Waals surface area (Å²) >= 11 is 6.39. The smallest absolute Gasteiger partial charge is 0.155 e. The van der Waals surface area contributed by atoms with E-state index in [1.165, 1.54) is 0 Å². The third-order valence-corrected chi connectivity index (χ3v) is 5.27. The van der Waals surface area contributed by atoms with E-state index in [0.717, 1.165) is 66.6 Å². The Balaban J connectivity index is 1.90. The highest BCUT2D eigenvalue weighted by atomic mass is 35.5. The lowest BCUT2D eigenvalue weighted by Gasteiger charge is -2.39. The fourth-order valence-electron chi connectivity index (χ4n) is 3.58. The number of halogens is 1. The standard InChI is InChI=1S/C20H24ClN5/c1-4-14-9-18-20(25-7-5-22-6-8-25)24-19-16(13(2)3)10-15(21)11-17(19)26(18)23-12-14/h9-12,14,22H,2,4-8H2,1,3H3. The number of fused-ring (bicyclic) bond motifs is 3. The van der Waals surface area contributed by atoms with Gasteiger partial charge >= 0.3 is 0 Å². The minimum Gasteiger partial charge on any atom is -0.352 e. The number of rotatable bonds is 2. The Bertz CT molecular complexity index is 833. The van der Waals surface area contributed by atoms with E-state index in [2.05, 4.69) is 29.8 Å². The highest BCUT2D eigenvalue weighted by Gasteiger charge is 2.33. The van der Waals surface area contributed by atoms with E-state index in [0.29, 0.717) is 10.9 Å². The number of nitrogens with zero attached hydrogens (tertiary/aromatic N) is 4. The highest BCUT2D eigenvalue weighted by Crippen LogP contribution is 2.44. The zero-order chi connectivity index (χ0) is 18.3. The lowest BCUT2D eigenvalue weighted by Crippen LogP contribution is -2.49. The summed E-state index contributed by atoms with van der Waals surface area (Å²) in [5.41, 5.74) is 4.81. The summed E-state index contributed by atoms with van der Waals surface area (Å²) in [6.07, 6.45) is 5.31. The topological polar surface area (TPSA) is 43.2 Å². The molecule has 1 aromatic carbocycles. The van der Waals surface area contributed by atoms with Gasteiger partial charge < -0.3 is 10.2 Å². The predicted molar refractivity (Wildman–Crippen MR) is 111 cm³/mol. The largest absolute Gasteiger partial charge is 0.352 e. The van der Waals surface area contributed by atoms with E-state index in [4.69, 9.17) is 21.7 Å². The molecular formula is C20H24ClN5. The normalized spacial score (nSPS) is 21.7. The lowest BCUT2D eigenvalue weighted by molar-refractivity contribution is 0.356. The van der Waals surface area contributed by atoms with Crippen LogP contribution in [0.2, 0.25) is 5.02 Å². The van der Waals surface area contributed by atoms with Crippen molar-refractivity contribution in [2.24, 2.45) is 16.0 Å². The van der Waals surface area contributed by atoms with Gasteiger partial charge in [0.05, 0.1) is 11.4 Å². The van der Waals surface area contributed by atoms with Crippen molar-refractivity contribution in [2.45, 2.75) is 20.3 Å². The van der Waals surface area contributed by atoms with Crippen LogP contribution in [0, 0.1) is 5.92 Å². The van der Waals surface area contributed by atoms with Crippen molar-refractivity contribution in [3.8, 4) is 0 Å². The van der Waals surface area contributed by atoms with E-state index in [9.17, 15) is 0 Å². The highest BCUT2D eigenvalue weighted by molar-refractivity contribution is 6.31. The van der Waals surface area contributed by atoms with Crippen LogP contribution in [0.15, 0.2) is 40.6 Å². The van der Waals surface area contributed by atoms with Gasteiger partial charge in [0.15, 0.2) is 5.84 Å². The average molecular weight is 370 g/mol. The van der Waals surface area contributed by atoms with Crippen LogP contribution >= 0.6 is 11.6 Å². The Hall–Kier alpha value is -2.11. The molecule has 6 heteroatoms. The van der Waals surface area contributed by atoms with E-state index in [1.807, 2.05) is 30.3 Å². The number of nitrogens with one attached hydrogen (secondary N) is 1. The maximum atomic E-state index is 6.39. The van der Waals surface area contributed by atoms with Gasteiger partial charge in [-0.2, -0.15) is 5.10 Å². The Morgan fingerprint density at radius 1 is 1.35 bits per heavy atom. The molecule has 0 bridgehead atoms. The number of benzene rings is 1. The number of anilines is 1. The first-order chi connectivity index (χ1) is 12.6. The Labute approximate surface area is 159 Å². The molecule has 0 radical (unpaired) electrons.